The van der Waals surface area contributed by atoms with Gasteiger partial charge in [0.1, 0.15) is 5.75 Å². The van der Waals surface area contributed by atoms with E-state index in [0.717, 1.165) is 17.0 Å². The molecule has 1 N–H and O–H groups in total. The molecule has 5 nitrogen and oxygen atoms in total. The predicted molar refractivity (Wildman–Crippen MR) is 75.0 cm³/mol. The molecule has 1 aromatic rings. The van der Waals surface area contributed by atoms with E-state index in [1.807, 2.05) is 32.9 Å². The highest BCUT2D eigenvalue weighted by Crippen LogP contribution is 2.29. The minimum absolute atomic E-state index is 0.0681. The summed E-state index contributed by atoms with van der Waals surface area (Å²) in [7, 11) is 0. The van der Waals surface area contributed by atoms with E-state index >= 15 is 0 Å². The van der Waals surface area contributed by atoms with Gasteiger partial charge in [-0.3, -0.25) is 9.59 Å². The van der Waals surface area contributed by atoms with Crippen LogP contribution < -0.4 is 9.64 Å². The fraction of sp³-hybridized carbons (Fsp3) is 0.467. The molecule has 1 heterocycles. The zero-order valence-electron chi connectivity index (χ0n) is 11.9. The van der Waals surface area contributed by atoms with Gasteiger partial charge in [-0.05, 0) is 44.5 Å². The van der Waals surface area contributed by atoms with Crippen LogP contribution in [0, 0.1) is 12.8 Å². The van der Waals surface area contributed by atoms with E-state index in [9.17, 15) is 9.59 Å². The number of aryl methyl sites for hydroxylation is 1. The van der Waals surface area contributed by atoms with Crippen LogP contribution in [0.5, 0.6) is 5.75 Å². The van der Waals surface area contributed by atoms with Gasteiger partial charge in [0.15, 0.2) is 0 Å². The molecule has 5 heteroatoms. The first-order valence-corrected chi connectivity index (χ1v) is 6.69. The second-order valence-electron chi connectivity index (χ2n) is 5.36. The van der Waals surface area contributed by atoms with Crippen LogP contribution in [0.3, 0.4) is 0 Å². The van der Waals surface area contributed by atoms with Crippen LogP contribution >= 0.6 is 0 Å². The summed E-state index contributed by atoms with van der Waals surface area (Å²) in [4.78, 5) is 24.4. The number of hydrogen-bond donors (Lipinski definition) is 1. The lowest BCUT2D eigenvalue weighted by atomic mass is 10.1. The zero-order chi connectivity index (χ0) is 14.9. The van der Waals surface area contributed by atoms with Crippen LogP contribution in [0.15, 0.2) is 18.2 Å². The summed E-state index contributed by atoms with van der Waals surface area (Å²) in [5, 5.41) is 8.99. The number of benzene rings is 1. The van der Waals surface area contributed by atoms with Crippen LogP contribution in [0.25, 0.3) is 0 Å². The molecule has 1 fully saturated rings. The number of carboxylic acid groups (broad SMARTS) is 1. The van der Waals surface area contributed by atoms with Crippen molar-refractivity contribution in [2.24, 2.45) is 5.92 Å². The van der Waals surface area contributed by atoms with Crippen molar-refractivity contribution in [2.75, 3.05) is 11.4 Å². The van der Waals surface area contributed by atoms with Gasteiger partial charge in [-0.1, -0.05) is 0 Å². The molecule has 0 aromatic heterocycles. The Morgan fingerprint density at radius 2 is 2.15 bits per heavy atom. The number of carbonyl (C=O) groups is 2. The highest BCUT2D eigenvalue weighted by atomic mass is 16.5. The summed E-state index contributed by atoms with van der Waals surface area (Å²) in [5.41, 5.74) is 1.66. The maximum Gasteiger partial charge on any atom is 0.308 e. The Hall–Kier alpha value is -2.04. The maximum atomic E-state index is 11.9. The molecule has 1 atom stereocenters. The zero-order valence-corrected chi connectivity index (χ0v) is 11.9. The molecule has 1 aliphatic heterocycles. The highest BCUT2D eigenvalue weighted by molar-refractivity contribution is 5.99. The Bertz CT molecular complexity index is 539. The number of carbonyl (C=O) groups excluding carboxylic acids is 1. The predicted octanol–water partition coefficient (Wildman–Crippen LogP) is 2.22. The van der Waals surface area contributed by atoms with Gasteiger partial charge in [0.25, 0.3) is 0 Å². The minimum Gasteiger partial charge on any atom is -0.491 e. The van der Waals surface area contributed by atoms with Crippen molar-refractivity contribution >= 4 is 17.6 Å². The van der Waals surface area contributed by atoms with Gasteiger partial charge in [0.05, 0.1) is 12.0 Å². The Labute approximate surface area is 118 Å². The van der Waals surface area contributed by atoms with Gasteiger partial charge in [0, 0.05) is 18.7 Å². The van der Waals surface area contributed by atoms with Crippen LogP contribution in [-0.4, -0.2) is 29.6 Å². The first-order chi connectivity index (χ1) is 9.38. The summed E-state index contributed by atoms with van der Waals surface area (Å²) in [6.07, 6.45) is 0.155. The smallest absolute Gasteiger partial charge is 0.308 e. The normalized spacial score (nSPS) is 18.7. The lowest BCUT2D eigenvalue weighted by Crippen LogP contribution is -2.25. The first kappa shape index (κ1) is 14.4. The van der Waals surface area contributed by atoms with Gasteiger partial charge >= 0.3 is 5.97 Å². The Kier molecular flexibility index (Phi) is 3.97. The molecule has 0 saturated carbocycles. The van der Waals surface area contributed by atoms with Crippen molar-refractivity contribution in [1.82, 2.24) is 0 Å². The SMILES string of the molecule is Cc1cc(N2CC(C(=O)O)CC2=O)ccc1OC(C)C. The number of aliphatic carboxylic acids is 1. The third-order valence-corrected chi connectivity index (χ3v) is 3.31. The average Bonchev–Trinajstić information content (AvgIpc) is 2.74. The van der Waals surface area contributed by atoms with Gasteiger partial charge in [-0.15, -0.1) is 0 Å². The monoisotopic (exact) mass is 277 g/mol. The number of amides is 1. The van der Waals surface area contributed by atoms with E-state index in [4.69, 9.17) is 9.84 Å². The van der Waals surface area contributed by atoms with Gasteiger partial charge < -0.3 is 14.7 Å². The first-order valence-electron chi connectivity index (χ1n) is 6.69. The van der Waals surface area contributed by atoms with Crippen molar-refractivity contribution < 1.29 is 19.4 Å². The van der Waals surface area contributed by atoms with Crippen molar-refractivity contribution in [1.29, 1.82) is 0 Å². The molecule has 2 rings (SSSR count). The van der Waals surface area contributed by atoms with Crippen molar-refractivity contribution in [2.45, 2.75) is 33.3 Å². The topological polar surface area (TPSA) is 66.8 Å². The van der Waals surface area contributed by atoms with Crippen molar-refractivity contribution in [3.05, 3.63) is 23.8 Å². The standard InChI is InChI=1S/C15H19NO4/c1-9(2)20-13-5-4-12(6-10(13)3)16-8-11(15(18)19)7-14(16)17/h4-6,9,11H,7-8H2,1-3H3,(H,18,19). The number of carboxylic acids is 1. The van der Waals surface area contributed by atoms with Crippen molar-refractivity contribution in [3.63, 3.8) is 0 Å². The fourth-order valence-corrected chi connectivity index (χ4v) is 2.31. The summed E-state index contributed by atoms with van der Waals surface area (Å²) in [5.74, 6) is -0.897. The summed E-state index contributed by atoms with van der Waals surface area (Å²) >= 11 is 0. The molecule has 1 aromatic carbocycles. The van der Waals surface area contributed by atoms with Crippen LogP contribution in [0.1, 0.15) is 25.8 Å². The summed E-state index contributed by atoms with van der Waals surface area (Å²) in [6, 6.07) is 5.48. The number of nitrogens with zero attached hydrogens (tertiary/aromatic N) is 1. The Morgan fingerprint density at radius 3 is 2.65 bits per heavy atom. The van der Waals surface area contributed by atoms with Gasteiger partial charge in [0.2, 0.25) is 5.91 Å². The molecule has 0 bridgehead atoms. The highest BCUT2D eigenvalue weighted by Gasteiger charge is 2.35. The molecule has 20 heavy (non-hydrogen) atoms. The number of ether oxygens (including phenoxy) is 1. The van der Waals surface area contributed by atoms with Crippen LogP contribution in [-0.2, 0) is 9.59 Å². The van der Waals surface area contributed by atoms with E-state index in [-0.39, 0.29) is 25.0 Å². The molecule has 0 spiro atoms. The van der Waals surface area contributed by atoms with Crippen molar-refractivity contribution in [3.8, 4) is 5.75 Å². The van der Waals surface area contributed by atoms with Gasteiger partial charge in [-0.25, -0.2) is 0 Å². The summed E-state index contributed by atoms with van der Waals surface area (Å²) < 4.78 is 5.65. The third kappa shape index (κ3) is 2.92. The molecular weight excluding hydrogens is 258 g/mol. The van der Waals surface area contributed by atoms with Crippen LogP contribution in [0.4, 0.5) is 5.69 Å². The number of anilines is 1. The second kappa shape index (κ2) is 5.53. The fourth-order valence-electron chi connectivity index (χ4n) is 2.31. The van der Waals surface area contributed by atoms with E-state index in [1.165, 1.54) is 4.90 Å². The van der Waals surface area contributed by atoms with Gasteiger partial charge in [-0.2, -0.15) is 0 Å². The van der Waals surface area contributed by atoms with E-state index < -0.39 is 11.9 Å². The van der Waals surface area contributed by atoms with E-state index in [1.54, 1.807) is 6.07 Å². The quantitative estimate of drug-likeness (QED) is 0.916. The van der Waals surface area contributed by atoms with E-state index in [0.29, 0.717) is 0 Å². The second-order valence-corrected chi connectivity index (χ2v) is 5.36. The molecule has 0 radical (unpaired) electrons. The maximum absolute atomic E-state index is 11.9. The summed E-state index contributed by atoms with van der Waals surface area (Å²) in [6.45, 7) is 6.05. The minimum atomic E-state index is -0.919. The Balaban J connectivity index is 2.20. The number of rotatable bonds is 4. The Morgan fingerprint density at radius 1 is 1.45 bits per heavy atom. The molecule has 1 unspecified atom stereocenters. The lowest BCUT2D eigenvalue weighted by molar-refractivity contribution is -0.141. The lowest BCUT2D eigenvalue weighted by Gasteiger charge is -2.19. The molecule has 108 valence electrons. The molecule has 1 aliphatic rings. The molecular formula is C15H19NO4. The van der Waals surface area contributed by atoms with Crippen LogP contribution in [0.2, 0.25) is 0 Å². The molecule has 0 aliphatic carbocycles. The molecule has 1 saturated heterocycles. The molecule has 1 amide bonds. The van der Waals surface area contributed by atoms with E-state index in [2.05, 4.69) is 0 Å². The third-order valence-electron chi connectivity index (χ3n) is 3.31. The largest absolute Gasteiger partial charge is 0.491 e. The average molecular weight is 277 g/mol. The number of hydrogen-bond acceptors (Lipinski definition) is 3.